The number of halogens is 2. The molecule has 25 heavy (non-hydrogen) atoms. The highest BCUT2D eigenvalue weighted by Gasteiger charge is 2.28. The van der Waals surface area contributed by atoms with Crippen LogP contribution in [0.4, 0.5) is 0 Å². The zero-order valence-electron chi connectivity index (χ0n) is 14.6. The lowest BCUT2D eigenvalue weighted by Crippen LogP contribution is -2.32. The molecule has 1 fully saturated rings. The molecule has 3 N–H and O–H groups in total. The van der Waals surface area contributed by atoms with E-state index in [2.05, 4.69) is 5.32 Å². The van der Waals surface area contributed by atoms with Crippen molar-refractivity contribution in [3.8, 4) is 0 Å². The van der Waals surface area contributed by atoms with Crippen molar-refractivity contribution in [2.45, 2.75) is 51.2 Å². The van der Waals surface area contributed by atoms with Gasteiger partial charge in [-0.2, -0.15) is 0 Å². The third kappa shape index (κ3) is 7.21. The highest BCUT2D eigenvalue weighted by atomic mass is 35.5. The van der Waals surface area contributed by atoms with Crippen LogP contribution >= 0.6 is 30.6 Å². The topological polar surface area (TPSA) is 69.6 Å². The summed E-state index contributed by atoms with van der Waals surface area (Å²) in [6.45, 7) is 2.21. The van der Waals surface area contributed by atoms with Crippen LogP contribution in [0.1, 0.15) is 50.6 Å². The quantitative estimate of drug-likeness (QED) is 0.538. The van der Waals surface area contributed by atoms with Crippen molar-refractivity contribution >= 4 is 30.6 Å². The molecule has 0 heterocycles. The summed E-state index contributed by atoms with van der Waals surface area (Å²) in [6.07, 6.45) is 5.04. The normalized spacial score (nSPS) is 20.8. The summed E-state index contributed by atoms with van der Waals surface area (Å²) in [5.74, 6) is 0.333. The van der Waals surface area contributed by atoms with Crippen LogP contribution in [0.15, 0.2) is 18.2 Å². The molecule has 3 atom stereocenters. The second kappa shape index (κ2) is 9.73. The highest BCUT2D eigenvalue weighted by molar-refractivity contribution is 7.58. The first-order valence-electron chi connectivity index (χ1n) is 8.94. The van der Waals surface area contributed by atoms with E-state index in [0.717, 1.165) is 31.2 Å². The minimum absolute atomic E-state index is 0.0409. The maximum atomic E-state index is 12.4. The van der Waals surface area contributed by atoms with Gasteiger partial charge in [-0.25, -0.2) is 0 Å². The van der Waals surface area contributed by atoms with E-state index < -0.39 is 13.5 Å². The summed E-state index contributed by atoms with van der Waals surface area (Å²) in [7, 11) is -3.29. The molecular weight excluding hydrogens is 380 g/mol. The molecule has 4 nitrogen and oxygen atoms in total. The molecule has 0 aliphatic heterocycles. The molecule has 1 saturated carbocycles. The van der Waals surface area contributed by atoms with Gasteiger partial charge < -0.3 is 15.3 Å². The fraction of sp³-hybridized carbons (Fsp3) is 0.667. The number of aliphatic hydroxyl groups is 1. The van der Waals surface area contributed by atoms with Gasteiger partial charge in [-0.05, 0) is 43.4 Å². The lowest BCUT2D eigenvalue weighted by Gasteiger charge is -2.25. The Kier molecular flexibility index (Phi) is 8.26. The van der Waals surface area contributed by atoms with Crippen molar-refractivity contribution in [2.24, 2.45) is 5.92 Å². The van der Waals surface area contributed by atoms with Crippen molar-refractivity contribution < 1.29 is 14.6 Å². The van der Waals surface area contributed by atoms with E-state index >= 15 is 0 Å². The van der Waals surface area contributed by atoms with Gasteiger partial charge in [0.15, 0.2) is 0 Å². The average molecular weight is 408 g/mol. The van der Waals surface area contributed by atoms with Gasteiger partial charge in [0, 0.05) is 18.7 Å². The zero-order chi connectivity index (χ0) is 18.4. The molecule has 1 aromatic rings. The van der Waals surface area contributed by atoms with E-state index in [1.807, 2.05) is 13.0 Å². The first-order chi connectivity index (χ1) is 11.8. The van der Waals surface area contributed by atoms with E-state index in [0.29, 0.717) is 22.1 Å². The molecule has 0 radical (unpaired) electrons. The summed E-state index contributed by atoms with van der Waals surface area (Å²) >= 11 is 11.9. The van der Waals surface area contributed by atoms with Crippen molar-refractivity contribution in [3.05, 3.63) is 33.8 Å². The second-order valence-electron chi connectivity index (χ2n) is 7.17. The molecule has 142 valence electrons. The van der Waals surface area contributed by atoms with Crippen LogP contribution in [-0.4, -0.2) is 35.0 Å². The minimum Gasteiger partial charge on any atom is -0.391 e. The fourth-order valence-electron chi connectivity index (χ4n) is 3.45. The first kappa shape index (κ1) is 21.2. The van der Waals surface area contributed by atoms with Crippen molar-refractivity contribution in [1.29, 1.82) is 0 Å². The van der Waals surface area contributed by atoms with Gasteiger partial charge in [0.2, 0.25) is 7.37 Å². The van der Waals surface area contributed by atoms with Gasteiger partial charge in [-0.15, -0.1) is 0 Å². The molecule has 1 aromatic carbocycles. The monoisotopic (exact) mass is 407 g/mol. The Morgan fingerprint density at radius 3 is 2.56 bits per heavy atom. The molecule has 3 unspecified atom stereocenters. The molecule has 0 aromatic heterocycles. The van der Waals surface area contributed by atoms with Gasteiger partial charge in [0.1, 0.15) is 0 Å². The summed E-state index contributed by atoms with van der Waals surface area (Å²) in [4.78, 5) is 10.2. The van der Waals surface area contributed by atoms with Crippen LogP contribution in [0.5, 0.6) is 0 Å². The van der Waals surface area contributed by atoms with Crippen molar-refractivity contribution in [3.63, 3.8) is 0 Å². The maximum Gasteiger partial charge on any atom is 0.203 e. The van der Waals surface area contributed by atoms with Crippen molar-refractivity contribution in [2.75, 3.05) is 18.9 Å². The average Bonchev–Trinajstić information content (AvgIpc) is 2.55. The Bertz CT molecular complexity index is 608. The lowest BCUT2D eigenvalue weighted by molar-refractivity contribution is 0.186. The van der Waals surface area contributed by atoms with Crippen LogP contribution < -0.4 is 5.32 Å². The van der Waals surface area contributed by atoms with Crippen LogP contribution in [-0.2, 0) is 4.57 Å². The van der Waals surface area contributed by atoms with Crippen LogP contribution in [0.2, 0.25) is 10.0 Å². The molecule has 1 aliphatic rings. The third-order valence-electron chi connectivity index (χ3n) is 4.87. The minimum atomic E-state index is -3.29. The Hall–Kier alpha value is -0.0900. The van der Waals surface area contributed by atoms with E-state index in [4.69, 9.17) is 23.2 Å². The van der Waals surface area contributed by atoms with Crippen LogP contribution in [0, 0.1) is 5.92 Å². The Balaban J connectivity index is 1.79. The molecule has 0 amide bonds. The van der Waals surface area contributed by atoms with Gasteiger partial charge in [-0.1, -0.05) is 48.5 Å². The first-order valence-corrected chi connectivity index (χ1v) is 11.7. The lowest BCUT2D eigenvalue weighted by atomic mass is 9.91. The predicted molar refractivity (Wildman–Crippen MR) is 105 cm³/mol. The number of rotatable bonds is 8. The number of nitrogens with one attached hydrogen (secondary N) is 1. The molecular formula is C18H28Cl2NO3P. The predicted octanol–water partition coefficient (Wildman–Crippen LogP) is 4.86. The Morgan fingerprint density at radius 1 is 1.24 bits per heavy atom. The summed E-state index contributed by atoms with van der Waals surface area (Å²) in [6, 6.07) is 5.35. The number of hydrogen-bond donors (Lipinski definition) is 3. The summed E-state index contributed by atoms with van der Waals surface area (Å²) in [5, 5.41) is 14.3. The molecule has 2 rings (SSSR count). The number of benzene rings is 1. The maximum absolute atomic E-state index is 12.4. The van der Waals surface area contributed by atoms with E-state index in [9.17, 15) is 14.6 Å². The summed E-state index contributed by atoms with van der Waals surface area (Å²) in [5.41, 5.74) is 0.955. The molecule has 0 spiro atoms. The standard InChI is InChI=1S/C18H28Cl2NO3P/c1-13(15-7-8-17(19)18(20)9-15)21-10-16(22)12-25(23,24)11-14-5-3-2-4-6-14/h7-9,13-14,16,21-22H,2-6,10-12H2,1H3,(H,23,24). The van der Waals surface area contributed by atoms with Crippen LogP contribution in [0.3, 0.4) is 0 Å². The van der Waals surface area contributed by atoms with Gasteiger partial charge in [-0.3, -0.25) is 4.57 Å². The zero-order valence-corrected chi connectivity index (χ0v) is 17.0. The van der Waals surface area contributed by atoms with E-state index in [-0.39, 0.29) is 18.7 Å². The Labute approximate surface area is 160 Å². The second-order valence-corrected chi connectivity index (χ2v) is 10.4. The number of aliphatic hydroxyl groups excluding tert-OH is 1. The van der Waals surface area contributed by atoms with Gasteiger partial charge in [0.25, 0.3) is 0 Å². The Morgan fingerprint density at radius 2 is 1.92 bits per heavy atom. The smallest absolute Gasteiger partial charge is 0.203 e. The molecule has 1 aliphatic carbocycles. The number of hydrogen-bond acceptors (Lipinski definition) is 3. The highest BCUT2D eigenvalue weighted by Crippen LogP contribution is 2.45. The van der Waals surface area contributed by atoms with E-state index in [1.165, 1.54) is 6.42 Å². The van der Waals surface area contributed by atoms with Gasteiger partial charge >= 0.3 is 0 Å². The largest absolute Gasteiger partial charge is 0.391 e. The SMILES string of the molecule is CC(NCC(O)CP(=O)(O)CC1CCCCC1)c1ccc(Cl)c(Cl)c1. The molecule has 0 saturated heterocycles. The van der Waals surface area contributed by atoms with E-state index in [1.54, 1.807) is 12.1 Å². The third-order valence-corrected chi connectivity index (χ3v) is 7.69. The fourth-order valence-corrected chi connectivity index (χ4v) is 5.87. The van der Waals surface area contributed by atoms with Crippen LogP contribution in [0.25, 0.3) is 0 Å². The molecule has 7 heteroatoms. The van der Waals surface area contributed by atoms with Gasteiger partial charge in [0.05, 0.1) is 22.3 Å². The van der Waals surface area contributed by atoms with Crippen molar-refractivity contribution in [1.82, 2.24) is 5.32 Å². The molecule has 0 bridgehead atoms. The summed E-state index contributed by atoms with van der Waals surface area (Å²) < 4.78 is 12.4.